The first kappa shape index (κ1) is 19.8. The highest BCUT2D eigenvalue weighted by molar-refractivity contribution is 6.29. The van der Waals surface area contributed by atoms with E-state index in [9.17, 15) is 0 Å². The molecular weight excluding hydrogens is 392 g/mol. The highest BCUT2D eigenvalue weighted by atomic mass is 35.5. The minimum atomic E-state index is 0.153. The fraction of sp³-hybridized carbons (Fsp3) is 0.476. The fourth-order valence-corrected chi connectivity index (χ4v) is 3.91. The van der Waals surface area contributed by atoms with Gasteiger partial charge in [0.15, 0.2) is 16.6 Å². The number of nitrogens with zero attached hydrogens (tertiary/aromatic N) is 4. The third-order valence-electron chi connectivity index (χ3n) is 5.31. The molecule has 0 aliphatic carbocycles. The molecule has 0 radical (unpaired) electrons. The van der Waals surface area contributed by atoms with E-state index in [1.165, 1.54) is 0 Å². The molecule has 0 saturated carbocycles. The summed E-state index contributed by atoms with van der Waals surface area (Å²) in [5.74, 6) is 2.16. The fourth-order valence-electron chi connectivity index (χ4n) is 3.81. The Hall–Kier alpha value is -2.54. The van der Waals surface area contributed by atoms with Gasteiger partial charge in [-0.25, -0.2) is 0 Å². The van der Waals surface area contributed by atoms with Crippen molar-refractivity contribution in [2.24, 2.45) is 5.92 Å². The topological polar surface area (TPSA) is 73.5 Å². The molecule has 1 aliphatic rings. The van der Waals surface area contributed by atoms with Crippen molar-refractivity contribution < 1.29 is 13.9 Å². The third kappa shape index (κ3) is 4.56. The average Bonchev–Trinajstić information content (AvgIpc) is 3.15. The van der Waals surface area contributed by atoms with Crippen LogP contribution in [0.4, 0.5) is 5.82 Å². The summed E-state index contributed by atoms with van der Waals surface area (Å²) >= 11 is 5.84. The van der Waals surface area contributed by atoms with E-state index >= 15 is 0 Å². The van der Waals surface area contributed by atoms with Gasteiger partial charge in [0.05, 0.1) is 6.61 Å². The van der Waals surface area contributed by atoms with Crippen LogP contribution in [-0.2, 0) is 0 Å². The standard InChI is InChI=1S/C21H25ClN4O3/c1-3-17(14-9-11-26(12-10-14)20-8-7-19(22)24-25-20)28-15-5-6-16-18(13-15)29-21(23-16)27-4-2/h5-8,13-14,17H,3-4,9-12H2,1-2H3. The number of hydrogen-bond acceptors (Lipinski definition) is 7. The van der Waals surface area contributed by atoms with Gasteiger partial charge in [-0.2, -0.15) is 4.98 Å². The van der Waals surface area contributed by atoms with Crippen molar-refractivity contribution in [1.29, 1.82) is 0 Å². The van der Waals surface area contributed by atoms with Crippen LogP contribution in [0, 0.1) is 5.92 Å². The monoisotopic (exact) mass is 416 g/mol. The molecule has 0 N–H and O–H groups in total. The number of benzene rings is 1. The Morgan fingerprint density at radius 1 is 1.17 bits per heavy atom. The minimum absolute atomic E-state index is 0.153. The van der Waals surface area contributed by atoms with Gasteiger partial charge < -0.3 is 18.8 Å². The summed E-state index contributed by atoms with van der Waals surface area (Å²) in [6.45, 7) is 6.45. The summed E-state index contributed by atoms with van der Waals surface area (Å²) in [5.41, 5.74) is 1.45. The lowest BCUT2D eigenvalue weighted by Crippen LogP contribution is -2.40. The summed E-state index contributed by atoms with van der Waals surface area (Å²) in [5, 5.41) is 8.55. The average molecular weight is 417 g/mol. The van der Waals surface area contributed by atoms with Crippen molar-refractivity contribution in [3.63, 3.8) is 0 Å². The maximum Gasteiger partial charge on any atom is 0.394 e. The maximum absolute atomic E-state index is 6.34. The highest BCUT2D eigenvalue weighted by Crippen LogP contribution is 2.30. The Balaban J connectivity index is 1.39. The van der Waals surface area contributed by atoms with Crippen LogP contribution in [0.2, 0.25) is 5.15 Å². The van der Waals surface area contributed by atoms with E-state index in [4.69, 9.17) is 25.5 Å². The first-order valence-electron chi connectivity index (χ1n) is 10.1. The summed E-state index contributed by atoms with van der Waals surface area (Å²) in [6, 6.07) is 9.45. The molecule has 1 aliphatic heterocycles. The largest absolute Gasteiger partial charge is 0.490 e. The molecule has 0 amide bonds. The van der Waals surface area contributed by atoms with Gasteiger partial charge in [0.1, 0.15) is 17.4 Å². The zero-order valence-corrected chi connectivity index (χ0v) is 17.4. The molecule has 3 heterocycles. The van der Waals surface area contributed by atoms with Gasteiger partial charge in [-0.15, -0.1) is 10.2 Å². The van der Waals surface area contributed by atoms with Crippen molar-refractivity contribution >= 4 is 28.5 Å². The van der Waals surface area contributed by atoms with E-state index < -0.39 is 0 Å². The number of piperidine rings is 1. The molecule has 0 spiro atoms. The molecule has 4 rings (SSSR count). The van der Waals surface area contributed by atoms with E-state index in [1.807, 2.05) is 31.2 Å². The number of fused-ring (bicyclic) bond motifs is 1. The molecule has 8 heteroatoms. The van der Waals surface area contributed by atoms with Crippen LogP contribution in [0.1, 0.15) is 33.1 Å². The number of oxazole rings is 1. The Labute approximate surface area is 175 Å². The van der Waals surface area contributed by atoms with Crippen LogP contribution in [0.25, 0.3) is 11.1 Å². The summed E-state index contributed by atoms with van der Waals surface area (Å²) in [6.07, 6.45) is 3.48. The lowest BCUT2D eigenvalue weighted by Gasteiger charge is -2.36. The van der Waals surface area contributed by atoms with Gasteiger partial charge in [0.2, 0.25) is 0 Å². The number of rotatable bonds is 7. The molecule has 0 bridgehead atoms. The molecule has 1 aromatic carbocycles. The van der Waals surface area contributed by atoms with Crippen LogP contribution >= 0.6 is 11.6 Å². The summed E-state index contributed by atoms with van der Waals surface area (Å²) in [7, 11) is 0. The molecule has 1 saturated heterocycles. The SMILES string of the molecule is CCOc1nc2ccc(OC(CC)C3CCN(c4ccc(Cl)nn4)CC3)cc2o1. The zero-order valence-electron chi connectivity index (χ0n) is 16.7. The molecule has 7 nitrogen and oxygen atoms in total. The van der Waals surface area contributed by atoms with Crippen LogP contribution < -0.4 is 14.4 Å². The van der Waals surface area contributed by atoms with E-state index in [0.717, 1.165) is 49.4 Å². The number of ether oxygens (including phenoxy) is 2. The molecule has 3 aromatic rings. The van der Waals surface area contributed by atoms with Gasteiger partial charge in [0.25, 0.3) is 0 Å². The number of aromatic nitrogens is 3. The van der Waals surface area contributed by atoms with Gasteiger partial charge in [-0.1, -0.05) is 18.5 Å². The molecule has 154 valence electrons. The molecule has 29 heavy (non-hydrogen) atoms. The van der Waals surface area contributed by atoms with E-state index in [2.05, 4.69) is 27.0 Å². The Bertz CT molecular complexity index is 939. The predicted molar refractivity (Wildman–Crippen MR) is 112 cm³/mol. The van der Waals surface area contributed by atoms with Crippen molar-refractivity contribution in [3.05, 3.63) is 35.5 Å². The third-order valence-corrected chi connectivity index (χ3v) is 5.51. The van der Waals surface area contributed by atoms with Gasteiger partial charge in [-0.3, -0.25) is 0 Å². The Morgan fingerprint density at radius 3 is 2.69 bits per heavy atom. The lowest BCUT2D eigenvalue weighted by molar-refractivity contribution is 0.112. The van der Waals surface area contributed by atoms with Crippen molar-refractivity contribution in [3.8, 4) is 11.8 Å². The first-order chi connectivity index (χ1) is 14.2. The molecule has 1 fully saturated rings. The molecular formula is C21H25ClN4O3. The van der Waals surface area contributed by atoms with Crippen molar-refractivity contribution in [1.82, 2.24) is 15.2 Å². The predicted octanol–water partition coefficient (Wildman–Crippen LogP) is 4.74. The summed E-state index contributed by atoms with van der Waals surface area (Å²) < 4.78 is 17.3. The second kappa shape index (κ2) is 8.86. The number of anilines is 1. The van der Waals surface area contributed by atoms with Gasteiger partial charge in [-0.05, 0) is 56.4 Å². The van der Waals surface area contributed by atoms with Crippen LogP contribution in [0.3, 0.4) is 0 Å². The second-order valence-corrected chi connectivity index (χ2v) is 7.53. The van der Waals surface area contributed by atoms with Crippen LogP contribution in [0.5, 0.6) is 11.8 Å². The van der Waals surface area contributed by atoms with Gasteiger partial charge in [0, 0.05) is 19.2 Å². The molecule has 1 atom stereocenters. The summed E-state index contributed by atoms with van der Waals surface area (Å²) in [4.78, 5) is 6.56. The Morgan fingerprint density at radius 2 is 2.00 bits per heavy atom. The Kier molecular flexibility index (Phi) is 6.04. The first-order valence-corrected chi connectivity index (χ1v) is 10.5. The highest BCUT2D eigenvalue weighted by Gasteiger charge is 2.28. The second-order valence-electron chi connectivity index (χ2n) is 7.15. The maximum atomic E-state index is 6.34. The number of halogens is 1. The quantitative estimate of drug-likeness (QED) is 0.550. The normalized spacial score (nSPS) is 16.2. The minimum Gasteiger partial charge on any atom is -0.490 e. The van der Waals surface area contributed by atoms with E-state index in [-0.39, 0.29) is 6.10 Å². The van der Waals surface area contributed by atoms with Crippen molar-refractivity contribution in [2.75, 3.05) is 24.6 Å². The number of hydrogen-bond donors (Lipinski definition) is 0. The van der Waals surface area contributed by atoms with E-state index in [0.29, 0.717) is 29.3 Å². The van der Waals surface area contributed by atoms with Crippen LogP contribution in [0.15, 0.2) is 34.7 Å². The molecule has 2 aromatic heterocycles. The van der Waals surface area contributed by atoms with Crippen LogP contribution in [-0.4, -0.2) is 41.0 Å². The smallest absolute Gasteiger partial charge is 0.394 e. The van der Waals surface area contributed by atoms with E-state index in [1.54, 1.807) is 6.07 Å². The lowest BCUT2D eigenvalue weighted by atomic mass is 9.89. The van der Waals surface area contributed by atoms with Crippen molar-refractivity contribution in [2.45, 2.75) is 39.2 Å². The molecule has 1 unspecified atom stereocenters. The van der Waals surface area contributed by atoms with Gasteiger partial charge >= 0.3 is 6.08 Å². The zero-order chi connectivity index (χ0) is 20.2.